The van der Waals surface area contributed by atoms with Crippen LogP contribution in [-0.4, -0.2) is 23.9 Å². The molecule has 2 heteroatoms. The van der Waals surface area contributed by atoms with E-state index in [1.165, 1.54) is 0 Å². The zero-order chi connectivity index (χ0) is 9.90. The van der Waals surface area contributed by atoms with Gasteiger partial charge in [-0.15, -0.1) is 6.58 Å². The Labute approximate surface area is 80.6 Å². The number of hydrogen-bond acceptors (Lipinski definition) is 2. The van der Waals surface area contributed by atoms with Crippen molar-refractivity contribution in [2.75, 3.05) is 7.11 Å². The smallest absolute Gasteiger partial charge is 0.0706 e. The molecule has 0 aromatic rings. The van der Waals surface area contributed by atoms with Crippen LogP contribution < -0.4 is 0 Å². The predicted molar refractivity (Wildman–Crippen MR) is 53.6 cm³/mol. The van der Waals surface area contributed by atoms with Crippen LogP contribution in [0.3, 0.4) is 0 Å². The highest BCUT2D eigenvalue weighted by molar-refractivity contribution is 4.93. The summed E-state index contributed by atoms with van der Waals surface area (Å²) in [6, 6.07) is 0. The molecule has 0 aliphatic heterocycles. The zero-order valence-corrected chi connectivity index (χ0v) is 8.62. The molecule has 76 valence electrons. The molecule has 0 saturated heterocycles. The fraction of sp³-hybridized carbons (Fsp3) is 0.818. The van der Waals surface area contributed by atoms with Crippen LogP contribution in [0.2, 0.25) is 0 Å². The monoisotopic (exact) mass is 184 g/mol. The van der Waals surface area contributed by atoms with Gasteiger partial charge >= 0.3 is 0 Å². The quantitative estimate of drug-likeness (QED) is 0.681. The average molecular weight is 184 g/mol. The summed E-state index contributed by atoms with van der Waals surface area (Å²) in [6.07, 6.45) is 5.35. The van der Waals surface area contributed by atoms with E-state index < -0.39 is 5.60 Å². The van der Waals surface area contributed by atoms with Gasteiger partial charge in [0.25, 0.3) is 0 Å². The van der Waals surface area contributed by atoms with Crippen molar-refractivity contribution in [1.29, 1.82) is 0 Å². The Morgan fingerprint density at radius 2 is 2.38 bits per heavy atom. The van der Waals surface area contributed by atoms with E-state index >= 15 is 0 Å². The third-order valence-electron chi connectivity index (χ3n) is 3.11. The lowest BCUT2D eigenvalue weighted by Crippen LogP contribution is -2.41. The van der Waals surface area contributed by atoms with Gasteiger partial charge in [-0.25, -0.2) is 0 Å². The first kappa shape index (κ1) is 10.7. The minimum Gasteiger partial charge on any atom is -0.389 e. The van der Waals surface area contributed by atoms with Crippen LogP contribution >= 0.6 is 0 Å². The van der Waals surface area contributed by atoms with Gasteiger partial charge in [-0.2, -0.15) is 0 Å². The Balaban J connectivity index is 2.57. The van der Waals surface area contributed by atoms with Crippen molar-refractivity contribution in [3.05, 3.63) is 12.7 Å². The Bertz CT molecular complexity index is 179. The number of rotatable bonds is 3. The molecule has 0 spiro atoms. The number of ether oxygens (including phenoxy) is 1. The summed E-state index contributed by atoms with van der Waals surface area (Å²) in [5.41, 5.74) is -0.561. The first-order valence-corrected chi connectivity index (χ1v) is 4.97. The molecule has 1 rings (SSSR count). The fourth-order valence-electron chi connectivity index (χ4n) is 2.13. The van der Waals surface area contributed by atoms with Crippen LogP contribution in [0.1, 0.15) is 32.6 Å². The highest BCUT2D eigenvalue weighted by Gasteiger charge is 2.36. The summed E-state index contributed by atoms with van der Waals surface area (Å²) in [5.74, 6) is 0.565. The van der Waals surface area contributed by atoms with E-state index in [0.717, 1.165) is 19.3 Å². The Kier molecular flexibility index (Phi) is 3.51. The van der Waals surface area contributed by atoms with E-state index in [2.05, 4.69) is 13.5 Å². The summed E-state index contributed by atoms with van der Waals surface area (Å²) in [6.45, 7) is 5.85. The number of aliphatic hydroxyl groups is 1. The minimum absolute atomic E-state index is 0.207. The molecule has 1 aliphatic rings. The molecule has 3 unspecified atom stereocenters. The van der Waals surface area contributed by atoms with E-state index in [1.807, 2.05) is 0 Å². The fourth-order valence-corrected chi connectivity index (χ4v) is 2.13. The lowest BCUT2D eigenvalue weighted by Gasteiger charge is -2.39. The highest BCUT2D eigenvalue weighted by Crippen LogP contribution is 2.35. The summed E-state index contributed by atoms with van der Waals surface area (Å²) in [4.78, 5) is 0. The summed E-state index contributed by atoms with van der Waals surface area (Å²) in [7, 11) is 1.72. The van der Waals surface area contributed by atoms with Gasteiger partial charge in [0.2, 0.25) is 0 Å². The second-order valence-electron chi connectivity index (χ2n) is 4.21. The third-order valence-corrected chi connectivity index (χ3v) is 3.11. The number of methoxy groups -OCH3 is 1. The van der Waals surface area contributed by atoms with Crippen LogP contribution in [0.15, 0.2) is 12.7 Å². The van der Waals surface area contributed by atoms with E-state index in [0.29, 0.717) is 12.3 Å². The molecule has 0 aromatic heterocycles. The molecule has 0 amide bonds. The molecule has 0 bridgehead atoms. The Morgan fingerprint density at radius 3 is 2.92 bits per heavy atom. The SMILES string of the molecule is C=CCC1(O)CCC(C)C(OC)C1. The van der Waals surface area contributed by atoms with Crippen LogP contribution in [0.5, 0.6) is 0 Å². The average Bonchev–Trinajstić information content (AvgIpc) is 2.10. The standard InChI is InChI=1S/C11H20O2/c1-4-6-11(12)7-5-9(2)10(8-11)13-3/h4,9-10,12H,1,5-8H2,2-3H3. The molecule has 0 radical (unpaired) electrons. The Hall–Kier alpha value is -0.340. The molecule has 1 N–H and O–H groups in total. The predicted octanol–water partition coefficient (Wildman–Crippen LogP) is 2.13. The van der Waals surface area contributed by atoms with Crippen molar-refractivity contribution in [1.82, 2.24) is 0 Å². The lowest BCUT2D eigenvalue weighted by molar-refractivity contribution is -0.0788. The van der Waals surface area contributed by atoms with Gasteiger partial charge in [-0.05, 0) is 25.2 Å². The molecule has 3 atom stereocenters. The van der Waals surface area contributed by atoms with Crippen LogP contribution in [-0.2, 0) is 4.74 Å². The van der Waals surface area contributed by atoms with Gasteiger partial charge in [-0.1, -0.05) is 13.0 Å². The Morgan fingerprint density at radius 1 is 1.69 bits per heavy atom. The van der Waals surface area contributed by atoms with Crippen molar-refractivity contribution >= 4 is 0 Å². The minimum atomic E-state index is -0.561. The zero-order valence-electron chi connectivity index (χ0n) is 8.62. The van der Waals surface area contributed by atoms with Gasteiger partial charge in [0, 0.05) is 13.5 Å². The maximum atomic E-state index is 10.1. The van der Waals surface area contributed by atoms with E-state index in [4.69, 9.17) is 4.74 Å². The molecular formula is C11H20O2. The van der Waals surface area contributed by atoms with Crippen molar-refractivity contribution < 1.29 is 9.84 Å². The van der Waals surface area contributed by atoms with Crippen molar-refractivity contribution in [2.24, 2.45) is 5.92 Å². The topological polar surface area (TPSA) is 29.5 Å². The maximum Gasteiger partial charge on any atom is 0.0706 e. The van der Waals surface area contributed by atoms with E-state index in [-0.39, 0.29) is 6.10 Å². The van der Waals surface area contributed by atoms with Gasteiger partial charge in [0.1, 0.15) is 0 Å². The maximum absolute atomic E-state index is 10.1. The first-order chi connectivity index (χ1) is 6.11. The summed E-state index contributed by atoms with van der Waals surface area (Å²) in [5, 5.41) is 10.1. The molecule has 2 nitrogen and oxygen atoms in total. The van der Waals surface area contributed by atoms with Crippen LogP contribution in [0.25, 0.3) is 0 Å². The van der Waals surface area contributed by atoms with Gasteiger partial charge in [0.15, 0.2) is 0 Å². The van der Waals surface area contributed by atoms with Gasteiger partial charge < -0.3 is 9.84 Å². The summed E-state index contributed by atoms with van der Waals surface area (Å²) >= 11 is 0. The second-order valence-corrected chi connectivity index (χ2v) is 4.21. The second kappa shape index (κ2) is 4.25. The van der Waals surface area contributed by atoms with E-state index in [1.54, 1.807) is 13.2 Å². The van der Waals surface area contributed by atoms with E-state index in [9.17, 15) is 5.11 Å². The normalized spacial score (nSPS) is 40.2. The molecular weight excluding hydrogens is 164 g/mol. The molecule has 1 fully saturated rings. The highest BCUT2D eigenvalue weighted by atomic mass is 16.5. The molecule has 1 aliphatic carbocycles. The van der Waals surface area contributed by atoms with Crippen molar-refractivity contribution in [2.45, 2.75) is 44.3 Å². The summed E-state index contributed by atoms with van der Waals surface area (Å²) < 4.78 is 5.35. The largest absolute Gasteiger partial charge is 0.389 e. The molecule has 0 heterocycles. The van der Waals surface area contributed by atoms with Crippen LogP contribution in [0.4, 0.5) is 0 Å². The van der Waals surface area contributed by atoms with Gasteiger partial charge in [0.05, 0.1) is 11.7 Å². The van der Waals surface area contributed by atoms with Crippen molar-refractivity contribution in [3.63, 3.8) is 0 Å². The number of hydrogen-bond donors (Lipinski definition) is 1. The first-order valence-electron chi connectivity index (χ1n) is 4.97. The molecule has 13 heavy (non-hydrogen) atoms. The van der Waals surface area contributed by atoms with Gasteiger partial charge in [-0.3, -0.25) is 0 Å². The van der Waals surface area contributed by atoms with Crippen LogP contribution in [0, 0.1) is 5.92 Å². The molecule has 1 saturated carbocycles. The third kappa shape index (κ3) is 2.55. The van der Waals surface area contributed by atoms with Crippen molar-refractivity contribution in [3.8, 4) is 0 Å². The molecule has 0 aromatic carbocycles. The lowest BCUT2D eigenvalue weighted by atomic mass is 9.76.